The molecular formula is C53H66F6N10O8. The lowest BCUT2D eigenvalue weighted by atomic mass is 9.84. The van der Waals surface area contributed by atoms with E-state index < -0.39 is 109 Å². The molecule has 3 aliphatic rings. The number of carbonyl (C=O) groups is 4. The largest absolute Gasteiger partial charge is 0.453 e. The summed E-state index contributed by atoms with van der Waals surface area (Å²) in [4.78, 5) is 62.7. The van der Waals surface area contributed by atoms with Crippen molar-refractivity contribution in [1.29, 1.82) is 5.41 Å². The first-order chi connectivity index (χ1) is 36.6. The number of halogens is 6. The molecule has 6 rings (SSSR count). The first kappa shape index (κ1) is 59.3. The van der Waals surface area contributed by atoms with Crippen LogP contribution in [-0.4, -0.2) is 160 Å². The fourth-order valence-corrected chi connectivity index (χ4v) is 9.37. The van der Waals surface area contributed by atoms with Gasteiger partial charge in [-0.15, -0.1) is 0 Å². The predicted molar refractivity (Wildman–Crippen MR) is 273 cm³/mol. The number of methoxy groups -OCH3 is 2. The SMILES string of the molecule is COC(=O)N[C@H](C(=O)N[C@@H](Cc1ccc(C#Cc2ccc(N3CC4CCC(C3)N4C3COC3)nc2)cc1)[C@@H](O)CN(Cc1c(F)cc(/C(C=N)=C/NC(F)F)cc1F)NC(=O)[C@@H](NC(=O)OC)C(C)(C)CF)C(C)(C)CF. The molecule has 3 aromatic rings. The van der Waals surface area contributed by atoms with Crippen LogP contribution in [-0.2, 0) is 36.8 Å². The minimum absolute atomic E-state index is 0.191. The van der Waals surface area contributed by atoms with Gasteiger partial charge in [0.2, 0.25) is 5.91 Å². The molecule has 77 heavy (non-hydrogen) atoms. The Balaban J connectivity index is 1.28. The van der Waals surface area contributed by atoms with E-state index in [1.807, 2.05) is 12.1 Å². The molecule has 2 bridgehead atoms. The van der Waals surface area contributed by atoms with Crippen LogP contribution in [0.25, 0.3) is 5.57 Å². The number of fused-ring (bicyclic) bond motifs is 2. The minimum Gasteiger partial charge on any atom is -0.453 e. The average Bonchev–Trinajstić information content (AvgIpc) is 3.62. The van der Waals surface area contributed by atoms with Gasteiger partial charge in [0.25, 0.3) is 5.91 Å². The number of anilines is 1. The van der Waals surface area contributed by atoms with E-state index in [1.54, 1.807) is 35.8 Å². The monoisotopic (exact) mass is 1080 g/mol. The van der Waals surface area contributed by atoms with Gasteiger partial charge in [0.05, 0.1) is 59.0 Å². The molecule has 4 amide bonds. The molecule has 0 radical (unpaired) electrons. The summed E-state index contributed by atoms with van der Waals surface area (Å²) in [5.41, 5.74) is -0.409. The van der Waals surface area contributed by atoms with Crippen LogP contribution < -0.4 is 31.6 Å². The van der Waals surface area contributed by atoms with E-state index >= 15 is 8.78 Å². The third-order valence-corrected chi connectivity index (χ3v) is 13.9. The third-order valence-electron chi connectivity index (χ3n) is 13.9. The standard InChI is InChI=1S/C53H66F6N10O8/c1-52(2,29-54)45(64-50(73)75-5)47(71)63-42(17-32-10-7-31(8-11-32)9-12-33-13-16-44(61-21-33)67-23-36-14-15-37(24-67)69(36)38-27-77-28-38)43(70)26-68(66-48(72)46(53(3,4)30-55)65-51(74)76-6)25-39-40(56)18-34(19-41(39)57)35(20-60)22-62-49(58)59/h7-8,10-11,13,16,18-22,36-38,42-43,45-46,49,60,62,70H,14-15,17,23-30H2,1-6H3,(H,63,71)(H,64,73)(H,65,74)(H,66,72)/b35-22+,60-20?/t36?,37?,42-,43-,45+,46+/m0/s1. The van der Waals surface area contributed by atoms with E-state index in [0.717, 1.165) is 76.3 Å². The summed E-state index contributed by atoms with van der Waals surface area (Å²) in [5, 5.41) is 29.5. The van der Waals surface area contributed by atoms with Crippen molar-refractivity contribution < 1.29 is 64.8 Å². The number of carbonyl (C=O) groups excluding carboxylic acids is 4. The van der Waals surface area contributed by atoms with Crippen LogP contribution in [0.3, 0.4) is 0 Å². The predicted octanol–water partition coefficient (Wildman–Crippen LogP) is 4.98. The number of hydrogen-bond donors (Lipinski definition) is 7. The molecule has 7 N–H and O–H groups in total. The van der Waals surface area contributed by atoms with Gasteiger partial charge < -0.3 is 50.9 Å². The van der Waals surface area contributed by atoms with Gasteiger partial charge in [-0.3, -0.25) is 28.7 Å². The van der Waals surface area contributed by atoms with Crippen LogP contribution in [0.4, 0.5) is 41.7 Å². The Morgan fingerprint density at radius 2 is 1.42 bits per heavy atom. The van der Waals surface area contributed by atoms with Gasteiger partial charge in [0.15, 0.2) is 0 Å². The maximum absolute atomic E-state index is 16.0. The first-order valence-electron chi connectivity index (χ1n) is 24.8. The number of aliphatic hydroxyl groups is 1. The van der Waals surface area contributed by atoms with Crippen molar-refractivity contribution in [3.8, 4) is 11.8 Å². The van der Waals surface area contributed by atoms with Crippen molar-refractivity contribution in [1.82, 2.24) is 41.6 Å². The molecule has 0 spiro atoms. The number of nitrogens with zero attached hydrogens (tertiary/aromatic N) is 4. The summed E-state index contributed by atoms with van der Waals surface area (Å²) in [6, 6.07) is 8.80. The highest BCUT2D eigenvalue weighted by atomic mass is 19.3. The van der Waals surface area contributed by atoms with E-state index in [-0.39, 0.29) is 17.6 Å². The molecule has 3 saturated heterocycles. The smallest absolute Gasteiger partial charge is 0.407 e. The van der Waals surface area contributed by atoms with Gasteiger partial charge in [-0.25, -0.2) is 28.4 Å². The molecule has 18 nitrogen and oxygen atoms in total. The van der Waals surface area contributed by atoms with Crippen molar-refractivity contribution in [2.75, 3.05) is 65.3 Å². The number of aromatic nitrogens is 1. The number of nitrogens with one attached hydrogen (secondary N) is 6. The van der Waals surface area contributed by atoms with E-state index in [1.165, 1.54) is 27.7 Å². The lowest BCUT2D eigenvalue weighted by Gasteiger charge is -2.47. The highest BCUT2D eigenvalue weighted by molar-refractivity contribution is 6.08. The number of allylic oxidation sites excluding steroid dienone is 1. The molecule has 0 saturated carbocycles. The summed E-state index contributed by atoms with van der Waals surface area (Å²) in [7, 11) is 2.03. The zero-order valence-corrected chi connectivity index (χ0v) is 43.6. The van der Waals surface area contributed by atoms with Gasteiger partial charge in [0, 0.05) is 90.0 Å². The summed E-state index contributed by atoms with van der Waals surface area (Å²) in [6.07, 6.45) is 1.07. The number of rotatable bonds is 23. The Bertz CT molecular complexity index is 2610. The quantitative estimate of drug-likeness (QED) is 0.0219. The van der Waals surface area contributed by atoms with Crippen LogP contribution in [0.15, 0.2) is 60.9 Å². The number of amides is 4. The average molecular weight is 1090 g/mol. The fourth-order valence-electron chi connectivity index (χ4n) is 9.37. The molecule has 418 valence electrons. The Morgan fingerprint density at radius 3 is 1.91 bits per heavy atom. The molecule has 1 aromatic heterocycles. The molecule has 3 aliphatic heterocycles. The molecule has 3 fully saturated rings. The number of alkyl carbamates (subject to hydrolysis) is 2. The molecule has 2 aromatic carbocycles. The van der Waals surface area contributed by atoms with Crippen LogP contribution in [0.5, 0.6) is 0 Å². The fraction of sp³-hybridized carbons (Fsp3) is 0.509. The minimum atomic E-state index is -3.06. The molecule has 2 unspecified atom stereocenters. The second-order valence-electron chi connectivity index (χ2n) is 20.5. The lowest BCUT2D eigenvalue weighted by molar-refractivity contribution is -0.133. The summed E-state index contributed by atoms with van der Waals surface area (Å²) >= 11 is 0. The number of aliphatic hydroxyl groups excluding tert-OH is 1. The van der Waals surface area contributed by atoms with E-state index in [9.17, 15) is 41.8 Å². The zero-order valence-electron chi connectivity index (χ0n) is 43.6. The molecule has 4 heterocycles. The Hall–Kier alpha value is -6.94. The summed E-state index contributed by atoms with van der Waals surface area (Å²) < 4.78 is 102. The van der Waals surface area contributed by atoms with Crippen molar-refractivity contribution >= 4 is 41.6 Å². The van der Waals surface area contributed by atoms with Gasteiger partial charge >= 0.3 is 18.7 Å². The number of pyridine rings is 1. The second-order valence-corrected chi connectivity index (χ2v) is 20.5. The third kappa shape index (κ3) is 15.4. The Kier molecular flexibility index (Phi) is 20.3. The number of ether oxygens (including phenoxy) is 3. The Labute approximate surface area is 443 Å². The highest BCUT2D eigenvalue weighted by Crippen LogP contribution is 2.35. The van der Waals surface area contributed by atoms with Crippen molar-refractivity contribution in [3.05, 3.63) is 100 Å². The van der Waals surface area contributed by atoms with Gasteiger partial charge in [-0.2, -0.15) is 8.78 Å². The van der Waals surface area contributed by atoms with Crippen molar-refractivity contribution in [2.45, 2.75) is 102 Å². The van der Waals surface area contributed by atoms with Gasteiger partial charge in [-0.1, -0.05) is 51.7 Å². The second kappa shape index (κ2) is 26.4. The number of hydrogen-bond acceptors (Lipinski definition) is 14. The maximum Gasteiger partial charge on any atom is 0.407 e. The highest BCUT2D eigenvalue weighted by Gasteiger charge is 2.46. The normalized spacial score (nSPS) is 18.5. The summed E-state index contributed by atoms with van der Waals surface area (Å²) in [6.45, 7) is 1.66. The number of benzene rings is 2. The molecule has 24 heteroatoms. The van der Waals surface area contributed by atoms with Crippen LogP contribution >= 0.6 is 0 Å². The molecular weight excluding hydrogens is 1020 g/mol. The van der Waals surface area contributed by atoms with E-state index in [4.69, 9.17) is 19.9 Å². The van der Waals surface area contributed by atoms with Gasteiger partial charge in [0.1, 0.15) is 29.5 Å². The molecule has 0 aliphatic carbocycles. The summed E-state index contributed by atoms with van der Waals surface area (Å²) in [5.74, 6) is 2.43. The van der Waals surface area contributed by atoms with Crippen molar-refractivity contribution in [2.24, 2.45) is 10.8 Å². The lowest BCUT2D eigenvalue weighted by Crippen LogP contribution is -2.62. The van der Waals surface area contributed by atoms with Crippen LogP contribution in [0.2, 0.25) is 0 Å². The Morgan fingerprint density at radius 1 is 0.857 bits per heavy atom. The first-order valence-corrected chi connectivity index (χ1v) is 24.8. The number of hydrazine groups is 1. The molecule has 6 atom stereocenters. The van der Waals surface area contributed by atoms with E-state index in [2.05, 4.69) is 47.8 Å². The van der Waals surface area contributed by atoms with E-state index in [0.29, 0.717) is 47.2 Å². The van der Waals surface area contributed by atoms with Crippen molar-refractivity contribution in [3.63, 3.8) is 0 Å². The van der Waals surface area contributed by atoms with Crippen LogP contribution in [0.1, 0.15) is 68.4 Å². The maximum atomic E-state index is 16.0. The zero-order chi connectivity index (χ0) is 56.2. The topological polar surface area (TPSA) is 223 Å². The van der Waals surface area contributed by atoms with Crippen LogP contribution in [0, 0.1) is 39.7 Å². The number of alkyl halides is 4. The number of piperazine rings is 1. The van der Waals surface area contributed by atoms with Gasteiger partial charge in [-0.05, 0) is 66.8 Å².